The first-order valence-corrected chi connectivity index (χ1v) is 15.2. The number of ether oxygens (including phenoxy) is 1. The van der Waals surface area contributed by atoms with Crippen molar-refractivity contribution in [2.24, 2.45) is 11.8 Å². The quantitative estimate of drug-likeness (QED) is 0.227. The van der Waals surface area contributed by atoms with Crippen LogP contribution in [0.15, 0.2) is 79.9 Å². The molecule has 0 aliphatic carbocycles. The number of hydrogen-bond acceptors (Lipinski definition) is 6. The van der Waals surface area contributed by atoms with Crippen molar-refractivity contribution in [2.45, 2.75) is 33.3 Å². The molecule has 7 atom stereocenters. The fourth-order valence-electron chi connectivity index (χ4n) is 6.47. The summed E-state index contributed by atoms with van der Waals surface area (Å²) >= 11 is 11.8. The van der Waals surface area contributed by atoms with Crippen LogP contribution in [-0.2, 0) is 19.1 Å². The van der Waals surface area contributed by atoms with Crippen LogP contribution in [0.2, 0.25) is 5.02 Å². The number of carbonyl (C=O) groups is 3. The highest BCUT2D eigenvalue weighted by Crippen LogP contribution is 2.68. The molecule has 3 unspecified atom stereocenters. The minimum Gasteiger partial charge on any atom is -0.461 e. The highest BCUT2D eigenvalue weighted by molar-refractivity contribution is 9.09. The second-order valence-corrected chi connectivity index (χ2v) is 13.2. The van der Waals surface area contributed by atoms with Gasteiger partial charge in [0.15, 0.2) is 0 Å². The Hall–Kier alpha value is -2.59. The Morgan fingerprint density at radius 2 is 1.90 bits per heavy atom. The number of para-hydroxylation sites is 1. The Morgan fingerprint density at radius 1 is 1.20 bits per heavy atom. The molecule has 5 rings (SSSR count). The van der Waals surface area contributed by atoms with Crippen molar-refractivity contribution in [2.75, 3.05) is 24.7 Å². The number of fused-ring (bicyclic) bond motifs is 1. The SMILES string of the molecule is C=CCOC(=O)[C@H]1[C@H]2C(=O)N([C@H](CO)c3ccccc3)C(C(=O)N(CC=C)c3ccccc3Cl)C23CC(Br)[C@@H]1S3. The van der Waals surface area contributed by atoms with Crippen LogP contribution in [0.5, 0.6) is 0 Å². The molecule has 2 amide bonds. The monoisotopic (exact) mass is 644 g/mol. The van der Waals surface area contributed by atoms with E-state index in [0.717, 1.165) is 0 Å². The Morgan fingerprint density at radius 3 is 2.55 bits per heavy atom. The van der Waals surface area contributed by atoms with Gasteiger partial charge in [0.2, 0.25) is 5.91 Å². The van der Waals surface area contributed by atoms with Gasteiger partial charge in [0.25, 0.3) is 5.91 Å². The molecular formula is C30H30BrClN2O5S. The van der Waals surface area contributed by atoms with Gasteiger partial charge in [-0.2, -0.15) is 0 Å². The Kier molecular flexibility index (Phi) is 8.47. The summed E-state index contributed by atoms with van der Waals surface area (Å²) in [6.45, 7) is 7.27. The van der Waals surface area contributed by atoms with Crippen molar-refractivity contribution in [1.29, 1.82) is 0 Å². The van der Waals surface area contributed by atoms with E-state index in [4.69, 9.17) is 16.3 Å². The maximum atomic E-state index is 14.8. The number of thioether (sulfide) groups is 1. The van der Waals surface area contributed by atoms with E-state index in [1.54, 1.807) is 30.3 Å². The van der Waals surface area contributed by atoms with Gasteiger partial charge in [-0.05, 0) is 24.1 Å². The molecule has 3 saturated heterocycles. The van der Waals surface area contributed by atoms with Crippen molar-refractivity contribution in [3.63, 3.8) is 0 Å². The first-order valence-electron chi connectivity index (χ1n) is 13.0. The van der Waals surface area contributed by atoms with Gasteiger partial charge >= 0.3 is 5.97 Å². The topological polar surface area (TPSA) is 87.1 Å². The molecule has 0 radical (unpaired) electrons. The van der Waals surface area contributed by atoms with Gasteiger partial charge in [0.05, 0.1) is 39.9 Å². The van der Waals surface area contributed by atoms with Crippen molar-refractivity contribution in [3.05, 3.63) is 90.5 Å². The minimum absolute atomic E-state index is 0.0303. The lowest BCUT2D eigenvalue weighted by atomic mass is 9.71. The lowest BCUT2D eigenvalue weighted by Gasteiger charge is -2.40. The number of carbonyl (C=O) groups excluding carboxylic acids is 3. The van der Waals surface area contributed by atoms with Crippen LogP contribution in [0.4, 0.5) is 5.69 Å². The predicted octanol–water partition coefficient (Wildman–Crippen LogP) is 4.79. The standard InChI is InChI=1S/C30H30BrClN2O5S/c1-3-14-33(21-13-9-8-12-20(21)32)28(37)26-30-16-19(31)25(40-30)23(29(38)39-15-4-2)24(30)27(36)34(26)22(17-35)18-10-6-5-7-11-18/h3-13,19,22-26,35H,1-2,14-17H2/t19?,22-,23+,24+,25+,26?,30?/m1/s1. The van der Waals surface area contributed by atoms with Gasteiger partial charge in [-0.1, -0.05) is 88.7 Å². The lowest BCUT2D eigenvalue weighted by Crippen LogP contribution is -2.56. The van der Waals surface area contributed by atoms with E-state index >= 15 is 0 Å². The number of alkyl halides is 1. The number of likely N-dealkylation sites (tertiary alicyclic amines) is 1. The molecule has 1 spiro atoms. The normalized spacial score (nSPS) is 29.1. The summed E-state index contributed by atoms with van der Waals surface area (Å²) in [7, 11) is 0. The van der Waals surface area contributed by atoms with Crippen molar-refractivity contribution < 1.29 is 24.2 Å². The third-order valence-electron chi connectivity index (χ3n) is 7.99. The van der Waals surface area contributed by atoms with Crippen molar-refractivity contribution >= 4 is 62.8 Å². The highest BCUT2D eigenvalue weighted by Gasteiger charge is 2.76. The number of hydrogen-bond donors (Lipinski definition) is 1. The van der Waals surface area contributed by atoms with Crippen LogP contribution < -0.4 is 4.90 Å². The fraction of sp³-hybridized carbons (Fsp3) is 0.367. The van der Waals surface area contributed by atoms with Crippen LogP contribution in [-0.4, -0.2) is 68.4 Å². The number of nitrogens with zero attached hydrogens (tertiary/aromatic N) is 2. The maximum Gasteiger partial charge on any atom is 0.311 e. The average Bonchev–Trinajstić information content (AvgIpc) is 3.55. The van der Waals surface area contributed by atoms with Crippen molar-refractivity contribution in [1.82, 2.24) is 4.90 Å². The molecule has 0 saturated carbocycles. The minimum atomic E-state index is -0.981. The molecule has 3 aliphatic rings. The molecule has 40 heavy (non-hydrogen) atoms. The molecule has 0 aromatic heterocycles. The van der Waals surface area contributed by atoms with Crippen LogP contribution in [0.25, 0.3) is 0 Å². The zero-order valence-electron chi connectivity index (χ0n) is 21.7. The largest absolute Gasteiger partial charge is 0.461 e. The van der Waals surface area contributed by atoms with Gasteiger partial charge in [-0.25, -0.2) is 0 Å². The average molecular weight is 646 g/mol. The Balaban J connectivity index is 1.67. The first-order chi connectivity index (χ1) is 19.3. The molecule has 10 heteroatoms. The molecule has 7 nitrogen and oxygen atoms in total. The lowest BCUT2D eigenvalue weighted by molar-refractivity contribution is -0.153. The smallest absolute Gasteiger partial charge is 0.311 e. The number of aliphatic hydroxyl groups is 1. The van der Waals surface area contributed by atoms with Crippen molar-refractivity contribution in [3.8, 4) is 0 Å². The van der Waals surface area contributed by atoms with Crippen LogP contribution in [0.1, 0.15) is 18.0 Å². The summed E-state index contributed by atoms with van der Waals surface area (Å²) in [5.41, 5.74) is 1.19. The maximum absolute atomic E-state index is 14.8. The second-order valence-electron chi connectivity index (χ2n) is 10.1. The van der Waals surface area contributed by atoms with Gasteiger partial charge in [-0.15, -0.1) is 18.3 Å². The molecule has 2 aromatic carbocycles. The molecule has 3 fully saturated rings. The van der Waals surface area contributed by atoms with Crippen LogP contribution in [0.3, 0.4) is 0 Å². The third-order valence-corrected chi connectivity index (χ3v) is 11.5. The molecule has 1 N–H and O–H groups in total. The van der Waals surface area contributed by atoms with E-state index in [1.807, 2.05) is 30.3 Å². The summed E-state index contributed by atoms with van der Waals surface area (Å²) in [6, 6.07) is 14.4. The predicted molar refractivity (Wildman–Crippen MR) is 160 cm³/mol. The molecule has 2 aromatic rings. The summed E-state index contributed by atoms with van der Waals surface area (Å²) in [4.78, 5) is 45.5. The fourth-order valence-corrected chi connectivity index (χ4v) is 10.3. The number of halogens is 2. The van der Waals surface area contributed by atoms with Crippen LogP contribution in [0, 0.1) is 11.8 Å². The van der Waals surface area contributed by atoms with Gasteiger partial charge in [-0.3, -0.25) is 14.4 Å². The summed E-state index contributed by atoms with van der Waals surface area (Å²) in [6.07, 6.45) is 3.59. The van der Waals surface area contributed by atoms with Gasteiger partial charge in [0.1, 0.15) is 12.6 Å². The van der Waals surface area contributed by atoms with E-state index < -0.39 is 41.2 Å². The van der Waals surface area contributed by atoms with E-state index in [1.165, 1.54) is 27.6 Å². The van der Waals surface area contributed by atoms with E-state index in [2.05, 4.69) is 29.1 Å². The zero-order valence-corrected chi connectivity index (χ0v) is 24.9. The number of benzene rings is 2. The van der Waals surface area contributed by atoms with E-state index in [-0.39, 0.29) is 35.0 Å². The first kappa shape index (κ1) is 28.9. The number of amides is 2. The zero-order chi connectivity index (χ0) is 28.6. The van der Waals surface area contributed by atoms with E-state index in [0.29, 0.717) is 22.7 Å². The Labute approximate surface area is 251 Å². The number of rotatable bonds is 10. The van der Waals surface area contributed by atoms with Gasteiger partial charge < -0.3 is 19.6 Å². The highest BCUT2D eigenvalue weighted by atomic mass is 79.9. The number of esters is 1. The molecule has 210 valence electrons. The number of anilines is 1. The molecular weight excluding hydrogens is 616 g/mol. The van der Waals surface area contributed by atoms with E-state index in [9.17, 15) is 19.5 Å². The van der Waals surface area contributed by atoms with Crippen LogP contribution >= 0.6 is 39.3 Å². The third kappa shape index (κ3) is 4.61. The summed E-state index contributed by atoms with van der Waals surface area (Å²) in [5.74, 6) is -2.71. The summed E-state index contributed by atoms with van der Waals surface area (Å²) in [5, 5.41) is 10.8. The number of aliphatic hydroxyl groups excluding tert-OH is 1. The molecule has 2 bridgehead atoms. The second kappa shape index (κ2) is 11.7. The summed E-state index contributed by atoms with van der Waals surface area (Å²) < 4.78 is 4.54. The molecule has 3 heterocycles. The Bertz CT molecular complexity index is 1330. The van der Waals surface area contributed by atoms with Gasteiger partial charge in [0, 0.05) is 16.6 Å². The molecule has 3 aliphatic heterocycles.